The average molecular weight is 302 g/mol. The largest absolute Gasteiger partial charge is 0.447 e. The van der Waals surface area contributed by atoms with E-state index in [0.717, 1.165) is 0 Å². The summed E-state index contributed by atoms with van der Waals surface area (Å²) in [6.07, 6.45) is 0.372. The van der Waals surface area contributed by atoms with Gasteiger partial charge >= 0.3 is 6.09 Å². The summed E-state index contributed by atoms with van der Waals surface area (Å²) >= 11 is 11.9. The minimum absolute atomic E-state index is 0.0625. The van der Waals surface area contributed by atoms with E-state index in [9.17, 15) is 4.79 Å². The molecule has 2 rings (SSSR count). The molecule has 2 N–H and O–H groups in total. The van der Waals surface area contributed by atoms with Gasteiger partial charge in [0, 0.05) is 15.6 Å². The van der Waals surface area contributed by atoms with Gasteiger partial charge < -0.3 is 10.5 Å². The maximum absolute atomic E-state index is 10.7. The van der Waals surface area contributed by atoms with Crippen LogP contribution in [0, 0.1) is 0 Å². The molecule has 1 amide bonds. The first kappa shape index (κ1) is 13.6. The maximum Gasteiger partial charge on any atom is 0.404 e. The van der Waals surface area contributed by atoms with Gasteiger partial charge in [0.05, 0.1) is 0 Å². The monoisotopic (exact) mass is 301 g/mol. The molecule has 19 heavy (non-hydrogen) atoms. The fourth-order valence-corrected chi connectivity index (χ4v) is 2.07. The van der Waals surface area contributed by atoms with Gasteiger partial charge in [0.1, 0.15) is 12.6 Å². The first-order chi connectivity index (χ1) is 9.08. The number of primary amides is 1. The predicted octanol–water partition coefficient (Wildman–Crippen LogP) is 1.66. The SMILES string of the molecule is NC(=O)OCC(c1ccc(Cl)cc1Cl)n1ncnn1. The molecule has 0 radical (unpaired) electrons. The molecule has 1 aromatic heterocycles. The van der Waals surface area contributed by atoms with Gasteiger partial charge in [-0.25, -0.2) is 4.79 Å². The van der Waals surface area contributed by atoms with Gasteiger partial charge in [-0.15, -0.1) is 10.2 Å². The molecule has 0 saturated carbocycles. The molecule has 0 fully saturated rings. The van der Waals surface area contributed by atoms with Crippen molar-refractivity contribution in [3.8, 4) is 0 Å². The zero-order chi connectivity index (χ0) is 13.8. The van der Waals surface area contributed by atoms with Gasteiger partial charge in [0.25, 0.3) is 0 Å². The molecule has 1 aromatic carbocycles. The van der Waals surface area contributed by atoms with Crippen molar-refractivity contribution in [3.63, 3.8) is 0 Å². The number of carbonyl (C=O) groups is 1. The Bertz CT molecular complexity index is 575. The van der Waals surface area contributed by atoms with E-state index in [2.05, 4.69) is 15.4 Å². The van der Waals surface area contributed by atoms with Crippen LogP contribution in [0.1, 0.15) is 11.6 Å². The number of nitrogens with zero attached hydrogens (tertiary/aromatic N) is 4. The second kappa shape index (κ2) is 5.85. The third-order valence-corrected chi connectivity index (χ3v) is 2.91. The summed E-state index contributed by atoms with van der Waals surface area (Å²) < 4.78 is 4.79. The highest BCUT2D eigenvalue weighted by atomic mass is 35.5. The number of hydrogen-bond donors (Lipinski definition) is 1. The standard InChI is InChI=1S/C10H9Cl2N5O2/c11-6-1-2-7(8(12)3-6)9(4-19-10(13)18)17-15-5-14-16-17/h1-3,5,9H,4H2,(H2,13,18). The highest BCUT2D eigenvalue weighted by Crippen LogP contribution is 2.28. The van der Waals surface area contributed by atoms with Crippen LogP contribution in [0.25, 0.3) is 0 Å². The number of aromatic nitrogens is 4. The Hall–Kier alpha value is -1.86. The van der Waals surface area contributed by atoms with Gasteiger partial charge in [-0.2, -0.15) is 4.80 Å². The number of ether oxygens (including phenoxy) is 1. The molecule has 2 aromatic rings. The number of carbonyl (C=O) groups excluding carboxylic acids is 1. The van der Waals surface area contributed by atoms with Crippen molar-refractivity contribution >= 4 is 29.3 Å². The van der Waals surface area contributed by atoms with E-state index < -0.39 is 12.1 Å². The van der Waals surface area contributed by atoms with Crippen LogP contribution in [0.4, 0.5) is 4.79 Å². The van der Waals surface area contributed by atoms with Gasteiger partial charge in [0.15, 0.2) is 6.33 Å². The first-order valence-electron chi connectivity index (χ1n) is 5.17. The van der Waals surface area contributed by atoms with Crippen molar-refractivity contribution in [2.75, 3.05) is 6.61 Å². The number of nitrogens with two attached hydrogens (primary N) is 1. The Balaban J connectivity index is 2.33. The van der Waals surface area contributed by atoms with Gasteiger partial charge in [-0.3, -0.25) is 0 Å². The van der Waals surface area contributed by atoms with E-state index in [1.165, 1.54) is 11.1 Å². The lowest BCUT2D eigenvalue weighted by molar-refractivity contribution is 0.139. The summed E-state index contributed by atoms with van der Waals surface area (Å²) in [4.78, 5) is 12.0. The van der Waals surface area contributed by atoms with E-state index in [1.54, 1.807) is 18.2 Å². The zero-order valence-electron chi connectivity index (χ0n) is 9.53. The topological polar surface area (TPSA) is 95.9 Å². The fourth-order valence-electron chi connectivity index (χ4n) is 1.53. The quantitative estimate of drug-likeness (QED) is 0.926. The Morgan fingerprint density at radius 3 is 2.84 bits per heavy atom. The Morgan fingerprint density at radius 1 is 1.47 bits per heavy atom. The van der Waals surface area contributed by atoms with Crippen LogP contribution in [0.2, 0.25) is 10.0 Å². The van der Waals surface area contributed by atoms with Crippen LogP contribution < -0.4 is 5.73 Å². The highest BCUT2D eigenvalue weighted by Gasteiger charge is 2.20. The van der Waals surface area contributed by atoms with Crippen molar-refractivity contribution < 1.29 is 9.53 Å². The summed E-state index contributed by atoms with van der Waals surface area (Å²) in [5, 5.41) is 12.2. The Morgan fingerprint density at radius 2 is 2.26 bits per heavy atom. The number of halogens is 2. The molecular formula is C10H9Cl2N5O2. The van der Waals surface area contributed by atoms with Crippen molar-refractivity contribution in [2.45, 2.75) is 6.04 Å². The van der Waals surface area contributed by atoms with Gasteiger partial charge in [0.2, 0.25) is 0 Å². The lowest BCUT2D eigenvalue weighted by Gasteiger charge is -2.16. The van der Waals surface area contributed by atoms with Crippen molar-refractivity contribution in [1.82, 2.24) is 20.2 Å². The number of amides is 1. The number of hydrogen-bond acceptors (Lipinski definition) is 5. The number of rotatable bonds is 4. The molecule has 0 bridgehead atoms. The molecular weight excluding hydrogens is 293 g/mol. The second-order valence-electron chi connectivity index (χ2n) is 3.57. The Kier molecular flexibility index (Phi) is 4.18. The van der Waals surface area contributed by atoms with Crippen LogP contribution in [0.5, 0.6) is 0 Å². The molecule has 1 atom stereocenters. The average Bonchev–Trinajstić information content (AvgIpc) is 2.85. The summed E-state index contributed by atoms with van der Waals surface area (Å²) in [6.45, 7) is -0.0625. The lowest BCUT2D eigenvalue weighted by atomic mass is 10.1. The first-order valence-corrected chi connectivity index (χ1v) is 5.93. The maximum atomic E-state index is 10.7. The van der Waals surface area contributed by atoms with E-state index >= 15 is 0 Å². The predicted molar refractivity (Wildman–Crippen MR) is 68.0 cm³/mol. The summed E-state index contributed by atoms with van der Waals surface area (Å²) in [6, 6.07) is 4.41. The third-order valence-electron chi connectivity index (χ3n) is 2.35. The second-order valence-corrected chi connectivity index (χ2v) is 4.41. The molecule has 100 valence electrons. The molecule has 1 unspecified atom stereocenters. The number of tetrazole rings is 1. The van der Waals surface area contributed by atoms with Crippen LogP contribution >= 0.6 is 23.2 Å². The van der Waals surface area contributed by atoms with E-state index in [1.807, 2.05) is 0 Å². The van der Waals surface area contributed by atoms with Gasteiger partial charge in [-0.05, 0) is 17.3 Å². The highest BCUT2D eigenvalue weighted by molar-refractivity contribution is 6.35. The fraction of sp³-hybridized carbons (Fsp3) is 0.200. The zero-order valence-corrected chi connectivity index (χ0v) is 11.0. The molecule has 0 spiro atoms. The molecule has 0 aliphatic heterocycles. The Labute approximate surface area is 118 Å². The normalized spacial score (nSPS) is 12.1. The van der Waals surface area contributed by atoms with Crippen LogP contribution in [-0.4, -0.2) is 32.9 Å². The van der Waals surface area contributed by atoms with E-state index in [-0.39, 0.29) is 6.61 Å². The summed E-state index contributed by atoms with van der Waals surface area (Å²) in [5.74, 6) is 0. The summed E-state index contributed by atoms with van der Waals surface area (Å²) in [5.41, 5.74) is 5.60. The minimum atomic E-state index is -0.893. The number of benzene rings is 1. The van der Waals surface area contributed by atoms with E-state index in [4.69, 9.17) is 33.7 Å². The van der Waals surface area contributed by atoms with Crippen LogP contribution in [0.3, 0.4) is 0 Å². The smallest absolute Gasteiger partial charge is 0.404 e. The lowest BCUT2D eigenvalue weighted by Crippen LogP contribution is -2.24. The molecule has 0 saturated heterocycles. The van der Waals surface area contributed by atoms with Crippen molar-refractivity contribution in [3.05, 3.63) is 40.1 Å². The molecule has 0 aliphatic rings. The molecule has 9 heteroatoms. The minimum Gasteiger partial charge on any atom is -0.447 e. The molecule has 1 heterocycles. The third kappa shape index (κ3) is 3.33. The van der Waals surface area contributed by atoms with Crippen molar-refractivity contribution in [1.29, 1.82) is 0 Å². The van der Waals surface area contributed by atoms with E-state index in [0.29, 0.717) is 15.6 Å². The van der Waals surface area contributed by atoms with Gasteiger partial charge in [-0.1, -0.05) is 29.3 Å². The summed E-state index contributed by atoms with van der Waals surface area (Å²) in [7, 11) is 0. The van der Waals surface area contributed by atoms with Crippen molar-refractivity contribution in [2.24, 2.45) is 5.73 Å². The molecule has 0 aliphatic carbocycles. The van der Waals surface area contributed by atoms with Crippen LogP contribution in [-0.2, 0) is 4.74 Å². The van der Waals surface area contributed by atoms with Crippen LogP contribution in [0.15, 0.2) is 24.5 Å². The molecule has 7 nitrogen and oxygen atoms in total.